The summed E-state index contributed by atoms with van der Waals surface area (Å²) in [5, 5.41) is 0. The molecule has 0 saturated heterocycles. The molecule has 0 bridgehead atoms. The van der Waals surface area contributed by atoms with E-state index in [1.807, 2.05) is 0 Å². The van der Waals surface area contributed by atoms with Crippen molar-refractivity contribution >= 4 is 26.6 Å². The summed E-state index contributed by atoms with van der Waals surface area (Å²) in [6.07, 6.45) is -12.2. The number of carbonyl (C=O) groups is 1. The Hall–Kier alpha value is -1.18. The number of fused-ring (bicyclic) bond motifs is 1. The second-order valence-corrected chi connectivity index (χ2v) is 7.57. The number of alkyl halides is 6. The van der Waals surface area contributed by atoms with E-state index < -0.39 is 65.3 Å². The SMILES string of the molecule is CC(=O)OI1OC(C(F)(F)F)(C(F)(F)F)c2c(F)cc(F)cc21. The summed E-state index contributed by atoms with van der Waals surface area (Å²) in [4.78, 5) is 10.9. The van der Waals surface area contributed by atoms with E-state index in [4.69, 9.17) is 0 Å². The van der Waals surface area contributed by atoms with Crippen molar-refractivity contribution in [3.63, 3.8) is 0 Å². The Labute approximate surface area is 131 Å². The van der Waals surface area contributed by atoms with Gasteiger partial charge in [0.05, 0.1) is 0 Å². The monoisotopic (exact) mass is 464 g/mol. The molecule has 12 heteroatoms. The number of halogens is 9. The molecular formula is C11H5F8IO3. The zero-order chi connectivity index (χ0) is 17.8. The standard InChI is InChI=1S/C11H5F8IO3/c1-4(21)22-20-7-3-5(12)2-6(13)8(7)9(23-20,10(14,15)16)11(17,18)19/h2-3H,1H3. The Bertz CT molecular complexity index is 640. The molecule has 0 fully saturated rings. The maximum absolute atomic E-state index is 13.8. The summed E-state index contributed by atoms with van der Waals surface area (Å²) >= 11 is -4.40. The molecule has 1 aliphatic rings. The second kappa shape index (κ2) is 5.43. The zero-order valence-electron chi connectivity index (χ0n) is 10.8. The Morgan fingerprint density at radius 3 is 2.09 bits per heavy atom. The molecule has 0 N–H and O–H groups in total. The Kier molecular flexibility index (Phi) is 4.29. The molecule has 0 unspecified atom stereocenters. The van der Waals surface area contributed by atoms with E-state index in [1.165, 1.54) is 0 Å². The summed E-state index contributed by atoms with van der Waals surface area (Å²) in [5.74, 6) is -4.73. The quantitative estimate of drug-likeness (QED) is 0.458. The Morgan fingerprint density at radius 1 is 1.13 bits per heavy atom. The van der Waals surface area contributed by atoms with Crippen molar-refractivity contribution in [3.05, 3.63) is 32.9 Å². The molecule has 0 saturated carbocycles. The summed E-state index contributed by atoms with van der Waals surface area (Å²) in [6, 6.07) is 0.132. The van der Waals surface area contributed by atoms with Gasteiger partial charge in [-0.25, -0.2) is 0 Å². The van der Waals surface area contributed by atoms with Crippen LogP contribution in [0.5, 0.6) is 0 Å². The molecule has 0 aliphatic carbocycles. The molecule has 3 nitrogen and oxygen atoms in total. The van der Waals surface area contributed by atoms with Gasteiger partial charge < -0.3 is 0 Å². The number of hydrogen-bond donors (Lipinski definition) is 0. The molecule has 1 aromatic carbocycles. The summed E-state index contributed by atoms with van der Waals surface area (Å²) in [7, 11) is 0. The van der Waals surface area contributed by atoms with Crippen LogP contribution in [0.3, 0.4) is 0 Å². The first-order valence-electron chi connectivity index (χ1n) is 5.53. The molecule has 0 amide bonds. The van der Waals surface area contributed by atoms with Crippen LogP contribution in [-0.4, -0.2) is 18.3 Å². The van der Waals surface area contributed by atoms with Crippen molar-refractivity contribution < 1.29 is 46.1 Å². The van der Waals surface area contributed by atoms with Gasteiger partial charge in [-0.15, -0.1) is 0 Å². The fraction of sp³-hybridized carbons (Fsp3) is 0.364. The van der Waals surface area contributed by atoms with Crippen LogP contribution in [0.25, 0.3) is 0 Å². The van der Waals surface area contributed by atoms with Gasteiger partial charge in [-0.3, -0.25) is 0 Å². The molecule has 1 aliphatic heterocycles. The number of carbonyl (C=O) groups excluding carboxylic acids is 1. The van der Waals surface area contributed by atoms with E-state index in [0.717, 1.165) is 6.92 Å². The molecule has 0 aromatic heterocycles. The first-order chi connectivity index (χ1) is 10.3. The Balaban J connectivity index is 2.82. The van der Waals surface area contributed by atoms with Crippen molar-refractivity contribution in [1.29, 1.82) is 0 Å². The summed E-state index contributed by atoms with van der Waals surface area (Å²) in [5.41, 5.74) is -6.92. The molecule has 130 valence electrons. The topological polar surface area (TPSA) is 35.5 Å². The molecule has 1 aromatic rings. The van der Waals surface area contributed by atoms with Crippen LogP contribution in [0.2, 0.25) is 0 Å². The van der Waals surface area contributed by atoms with Gasteiger partial charge in [-0.1, -0.05) is 0 Å². The summed E-state index contributed by atoms with van der Waals surface area (Å²) in [6.45, 7) is 0.720. The summed E-state index contributed by atoms with van der Waals surface area (Å²) < 4.78 is 113. The number of benzene rings is 1. The number of rotatable bonds is 1. The van der Waals surface area contributed by atoms with Crippen LogP contribution in [0.4, 0.5) is 35.1 Å². The van der Waals surface area contributed by atoms with Gasteiger partial charge in [-0.2, -0.15) is 0 Å². The van der Waals surface area contributed by atoms with Crippen molar-refractivity contribution in [2.45, 2.75) is 24.9 Å². The average molecular weight is 464 g/mol. The van der Waals surface area contributed by atoms with Crippen LogP contribution in [0.15, 0.2) is 12.1 Å². The molecule has 0 spiro atoms. The third-order valence-corrected chi connectivity index (χ3v) is 6.57. The number of hydrogen-bond acceptors (Lipinski definition) is 3. The van der Waals surface area contributed by atoms with Crippen molar-refractivity contribution in [2.75, 3.05) is 0 Å². The predicted molar refractivity (Wildman–Crippen MR) is 65.7 cm³/mol. The van der Waals surface area contributed by atoms with Gasteiger partial charge in [0, 0.05) is 0 Å². The van der Waals surface area contributed by atoms with Crippen molar-refractivity contribution in [2.24, 2.45) is 0 Å². The van der Waals surface area contributed by atoms with Gasteiger partial charge >= 0.3 is 130 Å². The van der Waals surface area contributed by atoms with Gasteiger partial charge in [0.1, 0.15) is 0 Å². The van der Waals surface area contributed by atoms with E-state index in [0.29, 0.717) is 0 Å². The fourth-order valence-electron chi connectivity index (χ4n) is 1.87. The van der Waals surface area contributed by atoms with E-state index in [2.05, 4.69) is 6.13 Å². The molecule has 0 atom stereocenters. The van der Waals surface area contributed by atoms with E-state index in [-0.39, 0.29) is 12.1 Å². The minimum absolute atomic E-state index is 0.123. The van der Waals surface area contributed by atoms with Gasteiger partial charge in [0.25, 0.3) is 0 Å². The maximum atomic E-state index is 13.8. The van der Waals surface area contributed by atoms with Gasteiger partial charge in [0.15, 0.2) is 0 Å². The van der Waals surface area contributed by atoms with E-state index >= 15 is 0 Å². The van der Waals surface area contributed by atoms with Gasteiger partial charge in [0.2, 0.25) is 0 Å². The van der Waals surface area contributed by atoms with Gasteiger partial charge in [-0.05, 0) is 0 Å². The van der Waals surface area contributed by atoms with Crippen LogP contribution >= 0.6 is 20.6 Å². The van der Waals surface area contributed by atoms with Crippen LogP contribution < -0.4 is 0 Å². The van der Waals surface area contributed by atoms with Crippen LogP contribution in [0.1, 0.15) is 12.5 Å². The third kappa shape index (κ3) is 2.75. The normalized spacial score (nSPS) is 18.7. The first-order valence-corrected chi connectivity index (χ1v) is 8.37. The minimum atomic E-state index is -6.11. The molecule has 2 rings (SSSR count). The van der Waals surface area contributed by atoms with Crippen molar-refractivity contribution in [1.82, 2.24) is 0 Å². The molecule has 23 heavy (non-hydrogen) atoms. The first kappa shape index (κ1) is 18.2. The Morgan fingerprint density at radius 2 is 1.65 bits per heavy atom. The van der Waals surface area contributed by atoms with Crippen molar-refractivity contribution in [3.8, 4) is 0 Å². The predicted octanol–water partition coefficient (Wildman–Crippen LogP) is 4.38. The van der Waals surface area contributed by atoms with Crippen LogP contribution in [-0.2, 0) is 16.5 Å². The molecule has 0 radical (unpaired) electrons. The fourth-order valence-corrected chi connectivity index (χ4v) is 5.95. The third-order valence-electron chi connectivity index (χ3n) is 2.69. The molecule has 1 heterocycles. The zero-order valence-corrected chi connectivity index (χ0v) is 12.9. The second-order valence-electron chi connectivity index (χ2n) is 4.28. The van der Waals surface area contributed by atoms with E-state index in [9.17, 15) is 39.9 Å². The van der Waals surface area contributed by atoms with Crippen LogP contribution in [0, 0.1) is 15.2 Å². The van der Waals surface area contributed by atoms with E-state index in [1.54, 1.807) is 0 Å². The average Bonchev–Trinajstić information content (AvgIpc) is 2.63. The molecular weight excluding hydrogens is 459 g/mol.